The molecule has 0 aliphatic rings. The van der Waals surface area contributed by atoms with Gasteiger partial charge in [-0.15, -0.1) is 0 Å². The molecule has 7 heteroatoms. The molecule has 0 aromatic heterocycles. The molecule has 2 aromatic rings. The average Bonchev–Trinajstić information content (AvgIpc) is 2.56. The first-order chi connectivity index (χ1) is 11.0. The molecule has 120 valence electrons. The van der Waals surface area contributed by atoms with E-state index in [-0.39, 0.29) is 11.6 Å². The van der Waals surface area contributed by atoms with Gasteiger partial charge in [-0.1, -0.05) is 0 Å². The minimum atomic E-state index is -0.515. The van der Waals surface area contributed by atoms with Crippen LogP contribution in [0.4, 0.5) is 11.4 Å². The van der Waals surface area contributed by atoms with Gasteiger partial charge in [0, 0.05) is 29.4 Å². The molecule has 0 unspecified atom stereocenters. The molecule has 2 rings (SSSR count). The normalized spacial score (nSPS) is 10.0. The van der Waals surface area contributed by atoms with E-state index in [0.29, 0.717) is 29.4 Å². The first-order valence-corrected chi connectivity index (χ1v) is 6.91. The van der Waals surface area contributed by atoms with Crippen LogP contribution >= 0.6 is 0 Å². The molecule has 0 spiro atoms. The molecular formula is C16H16N2O5. The fraction of sp³-hybridized carbons (Fsp3) is 0.188. The van der Waals surface area contributed by atoms with Crippen molar-refractivity contribution >= 4 is 17.3 Å². The lowest BCUT2D eigenvalue weighted by molar-refractivity contribution is -0.384. The highest BCUT2D eigenvalue weighted by molar-refractivity contribution is 6.04. The number of nitro groups is 1. The van der Waals surface area contributed by atoms with E-state index in [1.807, 2.05) is 6.92 Å². The van der Waals surface area contributed by atoms with Crippen molar-refractivity contribution in [1.82, 2.24) is 0 Å². The number of benzene rings is 2. The quantitative estimate of drug-likeness (QED) is 0.652. The van der Waals surface area contributed by atoms with Crippen LogP contribution in [0.1, 0.15) is 17.3 Å². The van der Waals surface area contributed by atoms with Crippen molar-refractivity contribution in [3.8, 4) is 11.5 Å². The molecule has 0 aliphatic carbocycles. The Balaban J connectivity index is 2.14. The molecule has 0 atom stereocenters. The molecule has 2 aromatic carbocycles. The van der Waals surface area contributed by atoms with Crippen molar-refractivity contribution in [2.45, 2.75) is 6.92 Å². The second-order valence-electron chi connectivity index (χ2n) is 4.56. The van der Waals surface area contributed by atoms with Gasteiger partial charge in [0.1, 0.15) is 0 Å². The first-order valence-electron chi connectivity index (χ1n) is 6.91. The van der Waals surface area contributed by atoms with Crippen LogP contribution in [-0.4, -0.2) is 24.5 Å². The number of nitro benzene ring substituents is 1. The van der Waals surface area contributed by atoms with Gasteiger partial charge in [-0.2, -0.15) is 0 Å². The lowest BCUT2D eigenvalue weighted by Crippen LogP contribution is -2.12. The standard InChI is InChI=1S/C16H16N2O5/c1-3-23-14-9-6-12(10-15(14)22-2)17-16(19)11-4-7-13(8-5-11)18(20)21/h4-10H,3H2,1-2H3,(H,17,19). The summed E-state index contributed by atoms with van der Waals surface area (Å²) in [5.41, 5.74) is 0.793. The second kappa shape index (κ2) is 7.26. The van der Waals surface area contributed by atoms with E-state index in [0.717, 1.165) is 0 Å². The molecule has 0 saturated heterocycles. The number of nitrogens with one attached hydrogen (secondary N) is 1. The predicted molar refractivity (Wildman–Crippen MR) is 85.2 cm³/mol. The molecule has 7 nitrogen and oxygen atoms in total. The Morgan fingerprint density at radius 2 is 1.87 bits per heavy atom. The summed E-state index contributed by atoms with van der Waals surface area (Å²) in [7, 11) is 1.51. The number of amides is 1. The Morgan fingerprint density at radius 1 is 1.17 bits per heavy atom. The zero-order valence-corrected chi connectivity index (χ0v) is 12.7. The predicted octanol–water partition coefficient (Wildman–Crippen LogP) is 3.25. The van der Waals surface area contributed by atoms with Crippen LogP contribution in [0.15, 0.2) is 42.5 Å². The molecule has 1 amide bonds. The summed E-state index contributed by atoms with van der Waals surface area (Å²) in [6.07, 6.45) is 0. The average molecular weight is 316 g/mol. The molecule has 0 saturated carbocycles. The maximum atomic E-state index is 12.2. The Hall–Kier alpha value is -3.09. The second-order valence-corrected chi connectivity index (χ2v) is 4.56. The van der Waals surface area contributed by atoms with Crippen molar-refractivity contribution < 1.29 is 19.2 Å². The number of carbonyl (C=O) groups is 1. The van der Waals surface area contributed by atoms with Gasteiger partial charge in [0.15, 0.2) is 11.5 Å². The summed E-state index contributed by atoms with van der Waals surface area (Å²) in [5, 5.41) is 13.3. The van der Waals surface area contributed by atoms with E-state index in [1.54, 1.807) is 18.2 Å². The summed E-state index contributed by atoms with van der Waals surface area (Å²) in [6, 6.07) is 10.4. The highest BCUT2D eigenvalue weighted by Crippen LogP contribution is 2.30. The van der Waals surface area contributed by atoms with Crippen LogP contribution in [-0.2, 0) is 0 Å². The summed E-state index contributed by atoms with van der Waals surface area (Å²) in [4.78, 5) is 22.2. The monoisotopic (exact) mass is 316 g/mol. The van der Waals surface area contributed by atoms with Gasteiger partial charge in [0.25, 0.3) is 11.6 Å². The fourth-order valence-corrected chi connectivity index (χ4v) is 1.96. The van der Waals surface area contributed by atoms with Crippen molar-refractivity contribution in [3.63, 3.8) is 0 Å². The van der Waals surface area contributed by atoms with E-state index in [1.165, 1.54) is 31.4 Å². The van der Waals surface area contributed by atoms with Gasteiger partial charge >= 0.3 is 0 Å². The zero-order chi connectivity index (χ0) is 16.8. The van der Waals surface area contributed by atoms with Crippen LogP contribution in [0.3, 0.4) is 0 Å². The number of hydrogen-bond acceptors (Lipinski definition) is 5. The van der Waals surface area contributed by atoms with Gasteiger partial charge in [-0.3, -0.25) is 14.9 Å². The summed E-state index contributed by atoms with van der Waals surface area (Å²) >= 11 is 0. The Morgan fingerprint density at radius 3 is 2.43 bits per heavy atom. The number of methoxy groups -OCH3 is 1. The Kier molecular flexibility index (Phi) is 5.14. The number of nitrogens with zero attached hydrogens (tertiary/aromatic N) is 1. The van der Waals surface area contributed by atoms with E-state index < -0.39 is 4.92 Å². The highest BCUT2D eigenvalue weighted by Gasteiger charge is 2.11. The number of hydrogen-bond donors (Lipinski definition) is 1. The van der Waals surface area contributed by atoms with Crippen LogP contribution in [0, 0.1) is 10.1 Å². The van der Waals surface area contributed by atoms with Gasteiger partial charge in [0.05, 0.1) is 18.6 Å². The maximum absolute atomic E-state index is 12.2. The minimum absolute atomic E-state index is 0.0655. The molecule has 0 aliphatic heterocycles. The largest absolute Gasteiger partial charge is 0.493 e. The minimum Gasteiger partial charge on any atom is -0.493 e. The van der Waals surface area contributed by atoms with Crippen molar-refractivity contribution in [3.05, 3.63) is 58.1 Å². The SMILES string of the molecule is CCOc1ccc(NC(=O)c2ccc([N+](=O)[O-])cc2)cc1OC. The maximum Gasteiger partial charge on any atom is 0.269 e. The van der Waals surface area contributed by atoms with E-state index in [4.69, 9.17) is 9.47 Å². The number of anilines is 1. The zero-order valence-electron chi connectivity index (χ0n) is 12.7. The number of carbonyl (C=O) groups excluding carboxylic acids is 1. The Bertz CT molecular complexity index is 713. The molecule has 0 radical (unpaired) electrons. The highest BCUT2D eigenvalue weighted by atomic mass is 16.6. The third-order valence-corrected chi connectivity index (χ3v) is 3.06. The van der Waals surface area contributed by atoms with Gasteiger partial charge in [-0.05, 0) is 31.2 Å². The molecule has 23 heavy (non-hydrogen) atoms. The number of ether oxygens (including phenoxy) is 2. The lowest BCUT2D eigenvalue weighted by Gasteiger charge is -2.11. The molecule has 1 N–H and O–H groups in total. The summed E-state index contributed by atoms with van der Waals surface area (Å²) < 4.78 is 10.6. The first kappa shape index (κ1) is 16.3. The number of rotatable bonds is 6. The summed E-state index contributed by atoms with van der Waals surface area (Å²) in [5.74, 6) is 0.725. The molecule has 0 heterocycles. The molecule has 0 bridgehead atoms. The van der Waals surface area contributed by atoms with E-state index >= 15 is 0 Å². The third kappa shape index (κ3) is 3.97. The van der Waals surface area contributed by atoms with E-state index in [2.05, 4.69) is 5.32 Å². The van der Waals surface area contributed by atoms with Gasteiger partial charge in [0.2, 0.25) is 0 Å². The van der Waals surface area contributed by atoms with Crippen LogP contribution in [0.25, 0.3) is 0 Å². The van der Waals surface area contributed by atoms with Crippen LogP contribution in [0.2, 0.25) is 0 Å². The van der Waals surface area contributed by atoms with Crippen molar-refractivity contribution in [1.29, 1.82) is 0 Å². The topological polar surface area (TPSA) is 90.7 Å². The Labute approximate surface area is 133 Å². The molecule has 0 fully saturated rings. The summed E-state index contributed by atoms with van der Waals surface area (Å²) in [6.45, 7) is 2.37. The van der Waals surface area contributed by atoms with Crippen molar-refractivity contribution in [2.24, 2.45) is 0 Å². The third-order valence-electron chi connectivity index (χ3n) is 3.06. The van der Waals surface area contributed by atoms with Crippen LogP contribution < -0.4 is 14.8 Å². The lowest BCUT2D eigenvalue weighted by atomic mass is 10.2. The number of non-ortho nitro benzene ring substituents is 1. The smallest absolute Gasteiger partial charge is 0.269 e. The molecular weight excluding hydrogens is 300 g/mol. The fourth-order valence-electron chi connectivity index (χ4n) is 1.96. The van der Waals surface area contributed by atoms with Crippen LogP contribution in [0.5, 0.6) is 11.5 Å². The van der Waals surface area contributed by atoms with Gasteiger partial charge < -0.3 is 14.8 Å². The van der Waals surface area contributed by atoms with Crippen molar-refractivity contribution in [2.75, 3.05) is 19.0 Å². The van der Waals surface area contributed by atoms with E-state index in [9.17, 15) is 14.9 Å². The van der Waals surface area contributed by atoms with Gasteiger partial charge in [-0.25, -0.2) is 0 Å².